The zero-order valence-corrected chi connectivity index (χ0v) is 14.5. The van der Waals surface area contributed by atoms with E-state index in [4.69, 9.17) is 4.74 Å². The molecule has 3 heteroatoms. The van der Waals surface area contributed by atoms with Gasteiger partial charge in [0.1, 0.15) is 11.4 Å². The molecule has 0 atom stereocenters. The molecule has 0 spiro atoms. The summed E-state index contributed by atoms with van der Waals surface area (Å²) in [6, 6.07) is 0. The van der Waals surface area contributed by atoms with E-state index in [-0.39, 0.29) is 5.97 Å². The predicted octanol–water partition coefficient (Wildman–Crippen LogP) is 5.21. The highest BCUT2D eigenvalue weighted by molar-refractivity contribution is 5.78. The maximum Gasteiger partial charge on any atom is 0.306 e. The molecule has 0 N–H and O–H groups in total. The van der Waals surface area contributed by atoms with Crippen LogP contribution in [0.3, 0.4) is 0 Å². The molecule has 0 aliphatic carbocycles. The molecule has 3 nitrogen and oxygen atoms in total. The van der Waals surface area contributed by atoms with Crippen molar-refractivity contribution in [2.24, 2.45) is 0 Å². The quantitative estimate of drug-likeness (QED) is 0.367. The highest BCUT2D eigenvalue weighted by Gasteiger charge is 2.15. The summed E-state index contributed by atoms with van der Waals surface area (Å²) in [5, 5.41) is 0. The molecule has 0 aromatic carbocycles. The van der Waals surface area contributed by atoms with E-state index >= 15 is 0 Å². The second-order valence-electron chi connectivity index (χ2n) is 6.85. The first-order chi connectivity index (χ1) is 9.85. The Bertz CT molecular complexity index is 289. The minimum absolute atomic E-state index is 0.161. The van der Waals surface area contributed by atoms with Gasteiger partial charge in [0.05, 0.1) is 0 Å². The third kappa shape index (κ3) is 15.3. The normalized spacial score (nSPS) is 11.4. The van der Waals surface area contributed by atoms with Crippen molar-refractivity contribution in [1.82, 2.24) is 0 Å². The van der Waals surface area contributed by atoms with Crippen molar-refractivity contribution in [2.75, 3.05) is 0 Å². The molecular formula is C18H34O3. The lowest BCUT2D eigenvalue weighted by Gasteiger charge is -2.19. The Hall–Kier alpha value is -0.860. The smallest absolute Gasteiger partial charge is 0.306 e. The maximum absolute atomic E-state index is 11.7. The van der Waals surface area contributed by atoms with Crippen LogP contribution in [-0.4, -0.2) is 17.4 Å². The van der Waals surface area contributed by atoms with Crippen molar-refractivity contribution in [1.29, 1.82) is 0 Å². The van der Waals surface area contributed by atoms with Gasteiger partial charge in [0.2, 0.25) is 0 Å². The van der Waals surface area contributed by atoms with E-state index in [1.165, 1.54) is 32.1 Å². The molecule has 124 valence electrons. The van der Waals surface area contributed by atoms with Crippen LogP contribution in [0.2, 0.25) is 0 Å². The summed E-state index contributed by atoms with van der Waals surface area (Å²) in [5.41, 5.74) is -0.412. The number of unbranched alkanes of at least 4 members (excludes halogenated alkanes) is 6. The number of ether oxygens (including phenoxy) is 1. The number of hydrogen-bond acceptors (Lipinski definition) is 3. The van der Waals surface area contributed by atoms with Crippen molar-refractivity contribution < 1.29 is 14.3 Å². The Morgan fingerprint density at radius 2 is 1.24 bits per heavy atom. The third-order valence-electron chi connectivity index (χ3n) is 3.32. The lowest BCUT2D eigenvalue weighted by atomic mass is 10.0. The molecule has 0 aliphatic heterocycles. The SMILES string of the molecule is CCCCCCCCC(=O)CCCCC(=O)OC(C)(C)C. The first kappa shape index (κ1) is 20.1. The van der Waals surface area contributed by atoms with Crippen LogP contribution in [0.15, 0.2) is 0 Å². The van der Waals surface area contributed by atoms with E-state index in [2.05, 4.69) is 6.92 Å². The zero-order chi connectivity index (χ0) is 16.1. The van der Waals surface area contributed by atoms with Gasteiger partial charge in [-0.2, -0.15) is 0 Å². The number of ketones is 1. The Labute approximate surface area is 130 Å². The van der Waals surface area contributed by atoms with Crippen LogP contribution in [0.1, 0.15) is 98.3 Å². The second kappa shape index (κ2) is 11.8. The minimum atomic E-state index is -0.412. The number of carbonyl (C=O) groups is 2. The molecule has 0 saturated heterocycles. The molecule has 0 aliphatic rings. The van der Waals surface area contributed by atoms with Gasteiger partial charge in [-0.25, -0.2) is 0 Å². The first-order valence-corrected chi connectivity index (χ1v) is 8.58. The monoisotopic (exact) mass is 298 g/mol. The Morgan fingerprint density at radius 3 is 1.81 bits per heavy atom. The van der Waals surface area contributed by atoms with Crippen molar-refractivity contribution in [2.45, 2.75) is 104 Å². The van der Waals surface area contributed by atoms with Gasteiger partial charge in [-0.3, -0.25) is 9.59 Å². The van der Waals surface area contributed by atoms with E-state index in [0.29, 0.717) is 25.0 Å². The minimum Gasteiger partial charge on any atom is -0.460 e. The molecule has 0 fully saturated rings. The summed E-state index contributed by atoms with van der Waals surface area (Å²) in [7, 11) is 0. The van der Waals surface area contributed by atoms with Crippen LogP contribution < -0.4 is 0 Å². The summed E-state index contributed by atoms with van der Waals surface area (Å²) in [4.78, 5) is 23.2. The Kier molecular flexibility index (Phi) is 11.3. The van der Waals surface area contributed by atoms with Gasteiger partial charge in [0.25, 0.3) is 0 Å². The summed E-state index contributed by atoms with van der Waals surface area (Å²) in [6.07, 6.45) is 10.6. The number of hydrogen-bond donors (Lipinski definition) is 0. The van der Waals surface area contributed by atoms with Gasteiger partial charge >= 0.3 is 5.97 Å². The molecule has 0 saturated carbocycles. The van der Waals surface area contributed by atoms with Gasteiger partial charge in [-0.15, -0.1) is 0 Å². The zero-order valence-electron chi connectivity index (χ0n) is 14.5. The molecule has 0 unspecified atom stereocenters. The van der Waals surface area contributed by atoms with Crippen LogP contribution in [0.25, 0.3) is 0 Å². The van der Waals surface area contributed by atoms with Crippen LogP contribution in [0.4, 0.5) is 0 Å². The predicted molar refractivity (Wildman–Crippen MR) is 87.3 cm³/mol. The lowest BCUT2D eigenvalue weighted by molar-refractivity contribution is -0.155. The highest BCUT2D eigenvalue weighted by Crippen LogP contribution is 2.12. The van der Waals surface area contributed by atoms with E-state index in [0.717, 1.165) is 19.3 Å². The third-order valence-corrected chi connectivity index (χ3v) is 3.32. The van der Waals surface area contributed by atoms with Gasteiger partial charge in [0, 0.05) is 19.3 Å². The average Bonchev–Trinajstić information content (AvgIpc) is 2.37. The first-order valence-electron chi connectivity index (χ1n) is 8.58. The van der Waals surface area contributed by atoms with Crippen molar-refractivity contribution in [3.63, 3.8) is 0 Å². The largest absolute Gasteiger partial charge is 0.460 e. The van der Waals surface area contributed by atoms with Crippen LogP contribution in [0, 0.1) is 0 Å². The molecule has 0 bridgehead atoms. The second-order valence-corrected chi connectivity index (χ2v) is 6.85. The fraction of sp³-hybridized carbons (Fsp3) is 0.889. The lowest BCUT2D eigenvalue weighted by Crippen LogP contribution is -2.23. The van der Waals surface area contributed by atoms with Crippen LogP contribution >= 0.6 is 0 Å². The fourth-order valence-electron chi connectivity index (χ4n) is 2.21. The fourth-order valence-corrected chi connectivity index (χ4v) is 2.21. The van der Waals surface area contributed by atoms with E-state index in [1.54, 1.807) is 0 Å². The summed E-state index contributed by atoms with van der Waals surface area (Å²) in [6.45, 7) is 7.82. The van der Waals surface area contributed by atoms with E-state index < -0.39 is 5.60 Å². The molecular weight excluding hydrogens is 264 g/mol. The van der Waals surface area contributed by atoms with Crippen LogP contribution in [-0.2, 0) is 14.3 Å². The summed E-state index contributed by atoms with van der Waals surface area (Å²) in [5.74, 6) is 0.181. The van der Waals surface area contributed by atoms with Crippen molar-refractivity contribution >= 4 is 11.8 Å². The van der Waals surface area contributed by atoms with E-state index in [1.807, 2.05) is 20.8 Å². The number of rotatable bonds is 12. The highest BCUT2D eigenvalue weighted by atomic mass is 16.6. The molecule has 0 amide bonds. The van der Waals surface area contributed by atoms with E-state index in [9.17, 15) is 9.59 Å². The number of carbonyl (C=O) groups excluding carboxylic acids is 2. The standard InChI is InChI=1S/C18H34O3/c1-5-6-7-8-9-10-13-16(19)14-11-12-15-17(20)21-18(2,3)4/h5-15H2,1-4H3. The summed E-state index contributed by atoms with van der Waals surface area (Å²) >= 11 is 0. The van der Waals surface area contributed by atoms with Gasteiger partial charge in [0.15, 0.2) is 0 Å². The Balaban J connectivity index is 3.43. The molecule has 0 heterocycles. The van der Waals surface area contributed by atoms with Gasteiger partial charge in [-0.05, 0) is 40.0 Å². The molecule has 0 rings (SSSR count). The van der Waals surface area contributed by atoms with Crippen molar-refractivity contribution in [3.8, 4) is 0 Å². The topological polar surface area (TPSA) is 43.4 Å². The summed E-state index contributed by atoms with van der Waals surface area (Å²) < 4.78 is 5.23. The molecule has 0 aromatic rings. The van der Waals surface area contributed by atoms with Gasteiger partial charge < -0.3 is 4.74 Å². The molecule has 0 aromatic heterocycles. The van der Waals surface area contributed by atoms with Crippen LogP contribution in [0.5, 0.6) is 0 Å². The average molecular weight is 298 g/mol. The van der Waals surface area contributed by atoms with Crippen molar-refractivity contribution in [3.05, 3.63) is 0 Å². The number of Topliss-reactive ketones (excluding diaryl/α,β-unsaturated/α-hetero) is 1. The molecule has 21 heavy (non-hydrogen) atoms. The van der Waals surface area contributed by atoms with Gasteiger partial charge in [-0.1, -0.05) is 39.0 Å². The maximum atomic E-state index is 11.7. The number of esters is 1. The molecule has 0 radical (unpaired) electrons. The Morgan fingerprint density at radius 1 is 0.762 bits per heavy atom.